The fourth-order valence-electron chi connectivity index (χ4n) is 1.81. The zero-order valence-corrected chi connectivity index (χ0v) is 12.2. The minimum Gasteiger partial charge on any atom is -0.354 e. The van der Waals surface area contributed by atoms with Crippen molar-refractivity contribution in [1.82, 2.24) is 15.1 Å². The lowest BCUT2D eigenvalue weighted by Gasteiger charge is -2.09. The summed E-state index contributed by atoms with van der Waals surface area (Å²) >= 11 is 0. The van der Waals surface area contributed by atoms with E-state index >= 15 is 0 Å². The zero-order chi connectivity index (χ0) is 15.1. The van der Waals surface area contributed by atoms with E-state index in [-0.39, 0.29) is 18.0 Å². The van der Waals surface area contributed by atoms with Crippen molar-refractivity contribution in [3.63, 3.8) is 0 Å². The van der Waals surface area contributed by atoms with Crippen LogP contribution in [0.5, 0.6) is 0 Å². The van der Waals surface area contributed by atoms with Crippen LogP contribution in [-0.2, 0) is 11.3 Å². The second kappa shape index (κ2) is 7.43. The highest BCUT2D eigenvalue weighted by Gasteiger charge is 2.13. The summed E-state index contributed by atoms with van der Waals surface area (Å²) in [6, 6.07) is 1.87. The van der Waals surface area contributed by atoms with Crippen LogP contribution >= 0.6 is 0 Å². The van der Waals surface area contributed by atoms with Crippen molar-refractivity contribution >= 4 is 5.91 Å². The van der Waals surface area contributed by atoms with E-state index < -0.39 is 5.56 Å². The number of aryl methyl sites for hydroxylation is 1. The third-order valence-electron chi connectivity index (χ3n) is 3.14. The molecule has 1 N–H and O–H groups in total. The highest BCUT2D eigenvalue weighted by molar-refractivity contribution is 5.75. The molecule has 20 heavy (non-hydrogen) atoms. The van der Waals surface area contributed by atoms with Crippen LogP contribution in [0.15, 0.2) is 4.79 Å². The van der Waals surface area contributed by atoms with Crippen LogP contribution < -0.4 is 10.9 Å². The van der Waals surface area contributed by atoms with Crippen LogP contribution in [0.3, 0.4) is 0 Å². The predicted molar refractivity (Wildman–Crippen MR) is 75.2 cm³/mol. The largest absolute Gasteiger partial charge is 0.354 e. The van der Waals surface area contributed by atoms with Crippen LogP contribution in [0.2, 0.25) is 0 Å². The number of nitriles is 1. The maximum absolute atomic E-state index is 12.0. The molecule has 0 saturated carbocycles. The first-order valence-corrected chi connectivity index (χ1v) is 6.76. The Morgan fingerprint density at radius 1 is 1.40 bits per heavy atom. The number of nitrogens with zero attached hydrogens (tertiary/aromatic N) is 3. The number of hydrogen-bond acceptors (Lipinski definition) is 4. The first-order chi connectivity index (χ1) is 9.51. The smallest absolute Gasteiger partial charge is 0.285 e. The number of amides is 1. The van der Waals surface area contributed by atoms with Gasteiger partial charge in [-0.3, -0.25) is 9.59 Å². The molecule has 1 amide bonds. The lowest BCUT2D eigenvalue weighted by Crippen LogP contribution is -2.35. The van der Waals surface area contributed by atoms with Crippen molar-refractivity contribution in [2.45, 2.75) is 46.6 Å². The van der Waals surface area contributed by atoms with Gasteiger partial charge in [0.2, 0.25) is 5.91 Å². The van der Waals surface area contributed by atoms with Gasteiger partial charge in [-0.05, 0) is 25.8 Å². The Bertz CT molecular complexity index is 584. The highest BCUT2D eigenvalue weighted by Crippen LogP contribution is 2.04. The number of carbonyl (C=O) groups is 1. The number of unbranched alkanes of at least 4 members (excludes halogenated alkanes) is 2. The van der Waals surface area contributed by atoms with Crippen LogP contribution in [0.25, 0.3) is 0 Å². The van der Waals surface area contributed by atoms with Crippen molar-refractivity contribution in [3.8, 4) is 6.07 Å². The van der Waals surface area contributed by atoms with Gasteiger partial charge >= 0.3 is 0 Å². The summed E-state index contributed by atoms with van der Waals surface area (Å²) in [6.45, 7) is 5.92. The molecule has 0 atom stereocenters. The average Bonchev–Trinajstić information content (AvgIpc) is 2.42. The number of rotatable bonds is 6. The van der Waals surface area contributed by atoms with Crippen molar-refractivity contribution in [2.75, 3.05) is 6.54 Å². The summed E-state index contributed by atoms with van der Waals surface area (Å²) in [6.07, 6.45) is 3.06. The Labute approximate surface area is 118 Å². The quantitative estimate of drug-likeness (QED) is 0.786. The average molecular weight is 276 g/mol. The Morgan fingerprint density at radius 3 is 2.70 bits per heavy atom. The second-order valence-corrected chi connectivity index (χ2v) is 4.72. The molecule has 0 saturated heterocycles. The Balaban J connectivity index is 2.79. The molecule has 0 unspecified atom stereocenters. The van der Waals surface area contributed by atoms with Crippen molar-refractivity contribution in [1.29, 1.82) is 5.26 Å². The first-order valence-electron chi connectivity index (χ1n) is 6.76. The predicted octanol–water partition coefficient (Wildman–Crippen LogP) is 1.04. The second-order valence-electron chi connectivity index (χ2n) is 4.72. The Morgan fingerprint density at radius 2 is 2.10 bits per heavy atom. The molecule has 0 spiro atoms. The molecule has 108 valence electrons. The van der Waals surface area contributed by atoms with E-state index in [1.54, 1.807) is 13.8 Å². The molecule has 1 aromatic heterocycles. The molecule has 0 aliphatic rings. The topological polar surface area (TPSA) is 87.8 Å². The van der Waals surface area contributed by atoms with Gasteiger partial charge in [0.05, 0.1) is 5.69 Å². The van der Waals surface area contributed by atoms with Crippen molar-refractivity contribution in [2.24, 2.45) is 0 Å². The lowest BCUT2D eigenvalue weighted by molar-refractivity contribution is -0.121. The number of nitrogens with one attached hydrogen (secondary N) is 1. The Kier molecular flexibility index (Phi) is 5.91. The van der Waals surface area contributed by atoms with Crippen LogP contribution in [0.4, 0.5) is 0 Å². The molecule has 1 rings (SSSR count). The lowest BCUT2D eigenvalue weighted by atomic mass is 10.1. The molecular weight excluding hydrogens is 256 g/mol. The SMILES string of the molecule is CCCCCNC(=O)Cn1nc(C)c(C)c(C#N)c1=O. The van der Waals surface area contributed by atoms with Crippen molar-refractivity contribution in [3.05, 3.63) is 27.2 Å². The highest BCUT2D eigenvalue weighted by atomic mass is 16.2. The van der Waals surface area contributed by atoms with Crippen molar-refractivity contribution < 1.29 is 4.79 Å². The van der Waals surface area contributed by atoms with Gasteiger partial charge in [-0.1, -0.05) is 19.8 Å². The summed E-state index contributed by atoms with van der Waals surface area (Å²) in [4.78, 5) is 23.7. The monoisotopic (exact) mass is 276 g/mol. The summed E-state index contributed by atoms with van der Waals surface area (Å²) in [5.41, 5.74) is 0.688. The fraction of sp³-hybridized carbons (Fsp3) is 0.571. The molecule has 0 aliphatic carbocycles. The van der Waals surface area contributed by atoms with E-state index in [4.69, 9.17) is 5.26 Å². The molecule has 0 radical (unpaired) electrons. The number of carbonyl (C=O) groups excluding carboxylic acids is 1. The maximum Gasteiger partial charge on any atom is 0.285 e. The normalized spacial score (nSPS) is 10.1. The van der Waals surface area contributed by atoms with Crippen LogP contribution in [0.1, 0.15) is 43.0 Å². The minimum atomic E-state index is -0.515. The van der Waals surface area contributed by atoms with E-state index in [2.05, 4.69) is 17.3 Å². The molecular formula is C14H20N4O2. The molecule has 6 nitrogen and oxygen atoms in total. The molecule has 1 aromatic rings. The molecule has 0 bridgehead atoms. The fourth-order valence-corrected chi connectivity index (χ4v) is 1.81. The molecule has 6 heteroatoms. The maximum atomic E-state index is 12.0. The molecule has 0 fully saturated rings. The van der Waals surface area contributed by atoms with E-state index in [0.29, 0.717) is 17.8 Å². The summed E-state index contributed by atoms with van der Waals surface area (Å²) < 4.78 is 1.05. The zero-order valence-electron chi connectivity index (χ0n) is 12.2. The third-order valence-corrected chi connectivity index (χ3v) is 3.14. The van der Waals surface area contributed by atoms with Gasteiger partial charge in [-0.15, -0.1) is 0 Å². The van der Waals surface area contributed by atoms with E-state index in [9.17, 15) is 9.59 Å². The minimum absolute atomic E-state index is 0.0521. The molecule has 0 aliphatic heterocycles. The first kappa shape index (κ1) is 15.9. The summed E-state index contributed by atoms with van der Waals surface area (Å²) in [5, 5.41) is 15.8. The molecule has 1 heterocycles. The third kappa shape index (κ3) is 3.92. The Hall–Kier alpha value is -2.16. The van der Waals surface area contributed by atoms with Gasteiger partial charge in [-0.25, -0.2) is 4.68 Å². The van der Waals surface area contributed by atoms with Gasteiger partial charge in [0.25, 0.3) is 5.56 Å². The number of hydrogen-bond donors (Lipinski definition) is 1. The van der Waals surface area contributed by atoms with Gasteiger partial charge in [0.15, 0.2) is 0 Å². The van der Waals surface area contributed by atoms with E-state index in [1.807, 2.05) is 6.07 Å². The van der Waals surface area contributed by atoms with Gasteiger partial charge in [0.1, 0.15) is 18.2 Å². The van der Waals surface area contributed by atoms with Gasteiger partial charge < -0.3 is 5.32 Å². The molecule has 0 aromatic carbocycles. The van der Waals surface area contributed by atoms with Crippen LogP contribution in [-0.4, -0.2) is 22.2 Å². The summed E-state index contributed by atoms with van der Waals surface area (Å²) in [7, 11) is 0. The van der Waals surface area contributed by atoms with Crippen LogP contribution in [0, 0.1) is 25.2 Å². The summed E-state index contributed by atoms with van der Waals surface area (Å²) in [5.74, 6) is -0.261. The van der Waals surface area contributed by atoms with Gasteiger partial charge in [0, 0.05) is 6.54 Å². The van der Waals surface area contributed by atoms with Gasteiger partial charge in [-0.2, -0.15) is 10.4 Å². The van der Waals surface area contributed by atoms with E-state index in [0.717, 1.165) is 23.9 Å². The standard InChI is InChI=1S/C14H20N4O2/c1-4-5-6-7-16-13(19)9-18-14(20)12(8-15)10(2)11(3)17-18/h4-7,9H2,1-3H3,(H,16,19). The van der Waals surface area contributed by atoms with E-state index in [1.165, 1.54) is 0 Å². The number of aromatic nitrogens is 2.